The summed E-state index contributed by atoms with van der Waals surface area (Å²) < 4.78 is 43.1. The van der Waals surface area contributed by atoms with E-state index >= 15 is 0 Å². The van der Waals surface area contributed by atoms with Crippen LogP contribution < -0.4 is 15.1 Å². The zero-order valence-corrected chi connectivity index (χ0v) is 21.3. The number of rotatable bonds is 9. The maximum Gasteiger partial charge on any atom is 0.416 e. The molecule has 0 saturated heterocycles. The number of hydrogen-bond acceptors (Lipinski definition) is 8. The molecule has 0 bridgehead atoms. The molecule has 0 amide bonds. The molecule has 2 N–H and O–H groups in total. The molecule has 2 aromatic carbocycles. The predicted octanol–water partition coefficient (Wildman–Crippen LogP) is 4.04. The summed E-state index contributed by atoms with van der Waals surface area (Å²) in [6.07, 6.45) is -5.15. The van der Waals surface area contributed by atoms with Crippen molar-refractivity contribution in [2.75, 3.05) is 50.4 Å². The second-order valence-corrected chi connectivity index (χ2v) is 8.85. The van der Waals surface area contributed by atoms with E-state index in [1.807, 2.05) is 50.1 Å². The molecule has 198 valence electrons. The summed E-state index contributed by atoms with van der Waals surface area (Å²) in [4.78, 5) is 25.0. The van der Waals surface area contributed by atoms with Crippen LogP contribution in [0.3, 0.4) is 0 Å². The first kappa shape index (κ1) is 27.7. The fourth-order valence-corrected chi connectivity index (χ4v) is 3.69. The van der Waals surface area contributed by atoms with Crippen molar-refractivity contribution >= 4 is 23.3 Å². The number of halogens is 3. The Morgan fingerprint density at radius 1 is 0.973 bits per heavy atom. The molecule has 8 nitrogen and oxygen atoms in total. The van der Waals surface area contributed by atoms with Gasteiger partial charge in [-0.25, -0.2) is 9.97 Å². The van der Waals surface area contributed by atoms with Crippen molar-refractivity contribution in [1.29, 1.82) is 0 Å². The molecule has 0 aliphatic rings. The van der Waals surface area contributed by atoms with E-state index in [2.05, 4.69) is 15.3 Å². The van der Waals surface area contributed by atoms with Gasteiger partial charge in [-0.2, -0.15) is 13.2 Å². The molecule has 0 aliphatic heterocycles. The van der Waals surface area contributed by atoms with Crippen molar-refractivity contribution < 1.29 is 27.8 Å². The summed E-state index contributed by atoms with van der Waals surface area (Å²) in [5.41, 5.74) is 1.70. The van der Waals surface area contributed by atoms with Gasteiger partial charge in [-0.1, -0.05) is 24.3 Å². The molecular formula is C26H30F3N5O3. The highest BCUT2D eigenvalue weighted by Gasteiger charge is 2.30. The number of aromatic nitrogens is 2. The lowest BCUT2D eigenvalue weighted by Crippen LogP contribution is -2.23. The van der Waals surface area contributed by atoms with Crippen LogP contribution in [0.25, 0.3) is 0 Å². The highest BCUT2D eigenvalue weighted by Crippen LogP contribution is 2.30. The van der Waals surface area contributed by atoms with Crippen LogP contribution in [0.2, 0.25) is 0 Å². The molecule has 0 saturated carbocycles. The normalized spacial score (nSPS) is 12.1. The lowest BCUT2D eigenvalue weighted by molar-refractivity contribution is -0.140. The molecule has 3 aromatic rings. The Morgan fingerprint density at radius 2 is 1.51 bits per heavy atom. The van der Waals surface area contributed by atoms with Crippen LogP contribution in [-0.2, 0) is 28.5 Å². The third-order valence-electron chi connectivity index (χ3n) is 5.58. The van der Waals surface area contributed by atoms with Crippen LogP contribution in [0.1, 0.15) is 34.3 Å². The van der Waals surface area contributed by atoms with Gasteiger partial charge in [-0.15, -0.1) is 0 Å². The van der Waals surface area contributed by atoms with E-state index in [0.717, 1.165) is 17.7 Å². The van der Waals surface area contributed by atoms with Crippen LogP contribution in [0.5, 0.6) is 0 Å². The van der Waals surface area contributed by atoms with E-state index in [0.29, 0.717) is 40.7 Å². The van der Waals surface area contributed by atoms with E-state index in [1.165, 1.54) is 19.2 Å². The number of carbonyl (C=O) groups excluding carboxylic acids is 1. The number of nitrogens with one attached hydrogen (secondary N) is 1. The Kier molecular flexibility index (Phi) is 8.59. The van der Waals surface area contributed by atoms with Gasteiger partial charge in [-0.3, -0.25) is 4.79 Å². The molecule has 3 rings (SSSR count). The minimum Gasteiger partial charge on any atom is -0.469 e. The van der Waals surface area contributed by atoms with Crippen molar-refractivity contribution in [1.82, 2.24) is 9.97 Å². The SMILES string of the molecule is COC(=O)Cc1c(N(C)C)nc(Cc2ccc(NC(O)c3ccc(C(F)(F)F)cc3)cc2)nc1N(C)C. The van der Waals surface area contributed by atoms with Gasteiger partial charge in [0.25, 0.3) is 0 Å². The first-order chi connectivity index (χ1) is 17.4. The molecule has 37 heavy (non-hydrogen) atoms. The first-order valence-corrected chi connectivity index (χ1v) is 11.4. The molecule has 0 fully saturated rings. The van der Waals surface area contributed by atoms with E-state index in [-0.39, 0.29) is 12.4 Å². The maximum atomic E-state index is 12.8. The second-order valence-electron chi connectivity index (χ2n) is 8.85. The summed E-state index contributed by atoms with van der Waals surface area (Å²) in [6.45, 7) is 0. The van der Waals surface area contributed by atoms with Gasteiger partial charge in [0.2, 0.25) is 0 Å². The fourth-order valence-electron chi connectivity index (χ4n) is 3.69. The van der Waals surface area contributed by atoms with Crippen molar-refractivity contribution in [2.24, 2.45) is 0 Å². The van der Waals surface area contributed by atoms with Gasteiger partial charge in [0, 0.05) is 51.4 Å². The molecule has 1 heterocycles. The summed E-state index contributed by atoms with van der Waals surface area (Å²) in [7, 11) is 8.70. The Morgan fingerprint density at radius 3 is 1.97 bits per heavy atom. The molecule has 1 unspecified atom stereocenters. The number of ether oxygens (including phenoxy) is 1. The highest BCUT2D eigenvalue weighted by molar-refractivity contribution is 5.78. The van der Waals surface area contributed by atoms with Crippen molar-refractivity contribution in [3.63, 3.8) is 0 Å². The number of aliphatic hydroxyl groups excluding tert-OH is 1. The number of anilines is 3. The van der Waals surface area contributed by atoms with Crippen LogP contribution in [0.4, 0.5) is 30.5 Å². The number of hydrogen-bond donors (Lipinski definition) is 2. The van der Waals surface area contributed by atoms with Crippen LogP contribution in [0, 0.1) is 0 Å². The molecule has 0 radical (unpaired) electrons. The number of esters is 1. The standard InChI is InChI=1S/C26H30F3N5O3/c1-33(2)23-20(15-22(35)37-5)24(34(3)4)32-21(31-23)14-16-6-12-19(13-7-16)30-25(36)17-8-10-18(11-9-17)26(27,28)29/h6-13,25,30,36H,14-15H2,1-5H3. The van der Waals surface area contributed by atoms with E-state index < -0.39 is 18.0 Å². The number of carbonyl (C=O) groups is 1. The van der Waals surface area contributed by atoms with Crippen molar-refractivity contribution in [2.45, 2.75) is 25.2 Å². The Bertz CT molecular complexity index is 1180. The molecule has 1 atom stereocenters. The highest BCUT2D eigenvalue weighted by atomic mass is 19.4. The minimum absolute atomic E-state index is 0.0411. The average molecular weight is 518 g/mol. The Balaban J connectivity index is 1.77. The van der Waals surface area contributed by atoms with Gasteiger partial charge in [0.05, 0.1) is 19.1 Å². The van der Waals surface area contributed by atoms with E-state index in [1.54, 1.807) is 12.1 Å². The molecular weight excluding hydrogens is 487 g/mol. The number of benzene rings is 2. The fraction of sp³-hybridized carbons (Fsp3) is 0.346. The number of methoxy groups -OCH3 is 1. The smallest absolute Gasteiger partial charge is 0.416 e. The topological polar surface area (TPSA) is 90.8 Å². The minimum atomic E-state index is -4.43. The number of alkyl halides is 3. The zero-order valence-electron chi connectivity index (χ0n) is 21.3. The van der Waals surface area contributed by atoms with Crippen LogP contribution in [-0.4, -0.2) is 56.3 Å². The van der Waals surface area contributed by atoms with Gasteiger partial charge < -0.3 is 25.0 Å². The third-order valence-corrected chi connectivity index (χ3v) is 5.58. The Labute approximate surface area is 213 Å². The largest absolute Gasteiger partial charge is 0.469 e. The molecule has 11 heteroatoms. The summed E-state index contributed by atoms with van der Waals surface area (Å²) in [6, 6.07) is 11.5. The van der Waals surface area contributed by atoms with Gasteiger partial charge in [0.1, 0.15) is 17.5 Å². The summed E-state index contributed by atoms with van der Waals surface area (Å²) in [5.74, 6) is 1.42. The maximum absolute atomic E-state index is 12.8. The number of aliphatic hydroxyl groups is 1. The lowest BCUT2D eigenvalue weighted by Gasteiger charge is -2.23. The zero-order chi connectivity index (χ0) is 27.3. The van der Waals surface area contributed by atoms with Crippen LogP contribution >= 0.6 is 0 Å². The number of nitrogens with zero attached hydrogens (tertiary/aromatic N) is 4. The molecule has 0 aliphatic carbocycles. The summed E-state index contributed by atoms with van der Waals surface area (Å²) in [5, 5.41) is 13.3. The Hall–Kier alpha value is -3.86. The molecule has 1 aromatic heterocycles. The van der Waals surface area contributed by atoms with Gasteiger partial charge in [-0.05, 0) is 29.8 Å². The van der Waals surface area contributed by atoms with Gasteiger partial charge >= 0.3 is 12.1 Å². The third kappa shape index (κ3) is 7.10. The molecule has 0 spiro atoms. The van der Waals surface area contributed by atoms with Crippen molar-refractivity contribution in [3.05, 3.63) is 76.6 Å². The monoisotopic (exact) mass is 517 g/mol. The second kappa shape index (κ2) is 11.5. The van der Waals surface area contributed by atoms with Crippen molar-refractivity contribution in [3.8, 4) is 0 Å². The lowest BCUT2D eigenvalue weighted by atomic mass is 10.1. The quantitative estimate of drug-likeness (QED) is 0.325. The summed E-state index contributed by atoms with van der Waals surface area (Å²) >= 11 is 0. The average Bonchev–Trinajstić information content (AvgIpc) is 2.85. The van der Waals surface area contributed by atoms with Gasteiger partial charge in [0.15, 0.2) is 6.23 Å². The first-order valence-electron chi connectivity index (χ1n) is 11.4. The van der Waals surface area contributed by atoms with E-state index in [9.17, 15) is 23.1 Å². The van der Waals surface area contributed by atoms with Crippen LogP contribution in [0.15, 0.2) is 48.5 Å². The van der Waals surface area contributed by atoms with E-state index in [4.69, 9.17) is 4.74 Å². The predicted molar refractivity (Wildman–Crippen MR) is 136 cm³/mol.